The number of anilines is 1. The third-order valence-corrected chi connectivity index (χ3v) is 6.15. The average Bonchev–Trinajstić information content (AvgIpc) is 3.11. The lowest BCUT2D eigenvalue weighted by Crippen LogP contribution is -2.68. The van der Waals surface area contributed by atoms with Crippen molar-refractivity contribution >= 4 is 23.2 Å². The zero-order valence-electron chi connectivity index (χ0n) is 13.6. The summed E-state index contributed by atoms with van der Waals surface area (Å²) in [6.45, 7) is 6.05. The number of ether oxygens (including phenoxy) is 1. The molecule has 1 aliphatic carbocycles. The van der Waals surface area contributed by atoms with Crippen LogP contribution in [-0.4, -0.2) is 37.2 Å². The lowest BCUT2D eigenvalue weighted by Gasteiger charge is -2.55. The van der Waals surface area contributed by atoms with Crippen LogP contribution in [0.15, 0.2) is 24.3 Å². The van der Waals surface area contributed by atoms with Gasteiger partial charge in [0, 0.05) is 30.5 Å². The van der Waals surface area contributed by atoms with Crippen LogP contribution in [0.5, 0.6) is 0 Å². The molecule has 5 heteroatoms. The van der Waals surface area contributed by atoms with E-state index in [-0.39, 0.29) is 17.4 Å². The van der Waals surface area contributed by atoms with E-state index in [4.69, 9.17) is 16.3 Å². The van der Waals surface area contributed by atoms with Crippen LogP contribution < -0.4 is 10.2 Å². The van der Waals surface area contributed by atoms with Gasteiger partial charge in [0.15, 0.2) is 0 Å². The quantitative estimate of drug-likeness (QED) is 0.924. The Balaban J connectivity index is 1.48. The molecule has 1 aromatic carbocycles. The Morgan fingerprint density at radius 3 is 2.87 bits per heavy atom. The fourth-order valence-corrected chi connectivity index (χ4v) is 4.86. The molecule has 0 spiro atoms. The van der Waals surface area contributed by atoms with Crippen LogP contribution in [-0.2, 0) is 9.53 Å². The molecule has 1 aromatic rings. The first kappa shape index (κ1) is 15.4. The number of benzene rings is 1. The van der Waals surface area contributed by atoms with E-state index < -0.39 is 0 Å². The Morgan fingerprint density at radius 2 is 2.09 bits per heavy atom. The highest BCUT2D eigenvalue weighted by atomic mass is 35.5. The predicted molar refractivity (Wildman–Crippen MR) is 90.8 cm³/mol. The van der Waals surface area contributed by atoms with Crippen LogP contribution in [0, 0.1) is 11.3 Å². The van der Waals surface area contributed by atoms with E-state index in [2.05, 4.69) is 19.2 Å². The Kier molecular flexibility index (Phi) is 3.67. The minimum atomic E-state index is -0.114. The molecule has 0 bridgehead atoms. The maximum absolute atomic E-state index is 12.8. The first-order valence-corrected chi connectivity index (χ1v) is 8.81. The topological polar surface area (TPSA) is 41.6 Å². The second kappa shape index (κ2) is 5.47. The maximum atomic E-state index is 12.8. The number of carbonyl (C=O) groups is 1. The summed E-state index contributed by atoms with van der Waals surface area (Å²) in [5.41, 5.74) is 0.914. The number of hydrogen-bond donors (Lipinski definition) is 1. The van der Waals surface area contributed by atoms with E-state index >= 15 is 0 Å². The summed E-state index contributed by atoms with van der Waals surface area (Å²) in [5, 5.41) is 4.27. The minimum Gasteiger partial charge on any atom is -0.377 e. The number of carbonyl (C=O) groups excluding carboxylic acids is 1. The molecular weight excluding hydrogens is 312 g/mol. The van der Waals surface area contributed by atoms with Crippen LogP contribution in [0.2, 0.25) is 5.02 Å². The molecule has 3 aliphatic rings. The van der Waals surface area contributed by atoms with Crippen LogP contribution in [0.3, 0.4) is 0 Å². The van der Waals surface area contributed by atoms with Crippen LogP contribution >= 0.6 is 11.6 Å². The summed E-state index contributed by atoms with van der Waals surface area (Å²) in [4.78, 5) is 14.6. The molecule has 4 nitrogen and oxygen atoms in total. The summed E-state index contributed by atoms with van der Waals surface area (Å²) >= 11 is 6.25. The van der Waals surface area contributed by atoms with Gasteiger partial charge >= 0.3 is 0 Å². The van der Waals surface area contributed by atoms with Crippen molar-refractivity contribution in [1.29, 1.82) is 0 Å². The number of rotatable bonds is 3. The van der Waals surface area contributed by atoms with Crippen molar-refractivity contribution in [3.63, 3.8) is 0 Å². The molecule has 0 unspecified atom stereocenters. The Morgan fingerprint density at radius 1 is 1.30 bits per heavy atom. The summed E-state index contributed by atoms with van der Waals surface area (Å²) in [6.07, 6.45) is 2.27. The lowest BCUT2D eigenvalue weighted by molar-refractivity contribution is -0.127. The van der Waals surface area contributed by atoms with E-state index in [0.29, 0.717) is 23.1 Å². The largest absolute Gasteiger partial charge is 0.377 e. The Labute approximate surface area is 142 Å². The average molecular weight is 335 g/mol. The fraction of sp³-hybridized carbons (Fsp3) is 0.611. The van der Waals surface area contributed by atoms with Gasteiger partial charge in [0.2, 0.25) is 5.91 Å². The molecule has 124 valence electrons. The van der Waals surface area contributed by atoms with Crippen LogP contribution in [0.1, 0.15) is 26.7 Å². The number of nitrogens with zero attached hydrogens (tertiary/aromatic N) is 1. The van der Waals surface area contributed by atoms with Crippen molar-refractivity contribution < 1.29 is 9.53 Å². The standard InChI is InChI=1S/C18H23ClN2O2/c1-18(2)15(11-8-10-23-16(11)18)20-13-7-9-21(17(13)22)14-6-4-3-5-12(14)19/h3-6,11,13,15-16,20H,7-10H2,1-2H3/t11-,13-,15-,16-/m1/s1. The normalized spacial score (nSPS) is 35.3. The molecule has 4 rings (SSSR count). The predicted octanol–water partition coefficient (Wildman–Crippen LogP) is 2.85. The van der Waals surface area contributed by atoms with Gasteiger partial charge in [-0.25, -0.2) is 0 Å². The zero-order valence-corrected chi connectivity index (χ0v) is 14.3. The fourth-order valence-electron chi connectivity index (χ4n) is 4.62. The van der Waals surface area contributed by atoms with Crippen molar-refractivity contribution in [3.8, 4) is 0 Å². The monoisotopic (exact) mass is 334 g/mol. The maximum Gasteiger partial charge on any atom is 0.244 e. The van der Waals surface area contributed by atoms with Crippen molar-refractivity contribution in [2.45, 2.75) is 44.9 Å². The molecule has 2 saturated heterocycles. The zero-order chi connectivity index (χ0) is 16.2. The number of fused-ring (bicyclic) bond motifs is 1. The van der Waals surface area contributed by atoms with Gasteiger partial charge in [-0.1, -0.05) is 37.6 Å². The number of nitrogens with one attached hydrogen (secondary N) is 1. The highest BCUT2D eigenvalue weighted by Gasteiger charge is 2.60. The molecule has 2 heterocycles. The first-order valence-electron chi connectivity index (χ1n) is 8.43. The van der Waals surface area contributed by atoms with Crippen molar-refractivity contribution in [2.75, 3.05) is 18.1 Å². The molecule has 4 atom stereocenters. The summed E-state index contributed by atoms with van der Waals surface area (Å²) in [6, 6.07) is 7.80. The number of amides is 1. The first-order chi connectivity index (χ1) is 11.0. The van der Waals surface area contributed by atoms with Crippen LogP contribution in [0.25, 0.3) is 0 Å². The highest BCUT2D eigenvalue weighted by Crippen LogP contribution is 2.52. The SMILES string of the molecule is CC1(C)[C@H](N[C@@H]2CCN(c3ccccc3Cl)C2=O)[C@H]2CCO[C@H]21. The highest BCUT2D eigenvalue weighted by molar-refractivity contribution is 6.33. The van der Waals surface area contributed by atoms with Gasteiger partial charge in [0.25, 0.3) is 0 Å². The van der Waals surface area contributed by atoms with Gasteiger partial charge in [-0.15, -0.1) is 0 Å². The molecule has 0 radical (unpaired) electrons. The smallest absolute Gasteiger partial charge is 0.244 e. The van der Waals surface area contributed by atoms with Crippen LogP contribution in [0.4, 0.5) is 5.69 Å². The lowest BCUT2D eigenvalue weighted by atomic mass is 9.57. The van der Waals surface area contributed by atoms with E-state index in [1.165, 1.54) is 0 Å². The Hall–Kier alpha value is -1.10. The van der Waals surface area contributed by atoms with Gasteiger partial charge < -0.3 is 15.0 Å². The molecule has 1 amide bonds. The third kappa shape index (κ3) is 2.31. The van der Waals surface area contributed by atoms with Crippen molar-refractivity contribution in [1.82, 2.24) is 5.32 Å². The molecule has 3 fully saturated rings. The van der Waals surface area contributed by atoms with E-state index in [1.54, 1.807) is 0 Å². The second-order valence-corrected chi connectivity index (χ2v) is 7.90. The van der Waals surface area contributed by atoms with Gasteiger partial charge in [-0.2, -0.15) is 0 Å². The third-order valence-electron chi connectivity index (χ3n) is 5.83. The summed E-state index contributed by atoms with van der Waals surface area (Å²) < 4.78 is 5.84. The van der Waals surface area contributed by atoms with E-state index in [1.807, 2.05) is 29.2 Å². The number of hydrogen-bond acceptors (Lipinski definition) is 3. The van der Waals surface area contributed by atoms with E-state index in [9.17, 15) is 4.79 Å². The van der Waals surface area contributed by atoms with Gasteiger partial charge in [-0.3, -0.25) is 4.79 Å². The molecule has 1 saturated carbocycles. The molecule has 2 aliphatic heterocycles. The van der Waals surface area contributed by atoms with Crippen molar-refractivity contribution in [2.24, 2.45) is 11.3 Å². The summed E-state index contributed by atoms with van der Waals surface area (Å²) in [7, 11) is 0. The molecular formula is C18H23ClN2O2. The molecule has 23 heavy (non-hydrogen) atoms. The molecule has 0 aromatic heterocycles. The number of para-hydroxylation sites is 1. The number of halogens is 1. The minimum absolute atomic E-state index is 0.0965. The van der Waals surface area contributed by atoms with Gasteiger partial charge in [-0.05, 0) is 25.0 Å². The van der Waals surface area contributed by atoms with Gasteiger partial charge in [0.05, 0.1) is 22.9 Å². The van der Waals surface area contributed by atoms with Crippen molar-refractivity contribution in [3.05, 3.63) is 29.3 Å². The second-order valence-electron chi connectivity index (χ2n) is 7.49. The summed E-state index contributed by atoms with van der Waals surface area (Å²) in [5.74, 6) is 0.684. The molecule has 1 N–H and O–H groups in total. The Bertz CT molecular complexity index is 633. The van der Waals surface area contributed by atoms with Gasteiger partial charge in [0.1, 0.15) is 0 Å². The van der Waals surface area contributed by atoms with E-state index in [0.717, 1.165) is 31.7 Å².